The first-order valence-corrected chi connectivity index (χ1v) is 7.64. The molecule has 1 aromatic carbocycles. The van der Waals surface area contributed by atoms with Crippen LogP contribution in [-0.4, -0.2) is 40.1 Å². The lowest BCUT2D eigenvalue weighted by atomic mass is 9.72. The fourth-order valence-electron chi connectivity index (χ4n) is 2.69. The second-order valence-corrected chi connectivity index (χ2v) is 5.68. The van der Waals surface area contributed by atoms with Gasteiger partial charge in [0.05, 0.1) is 17.1 Å². The third-order valence-electron chi connectivity index (χ3n) is 3.96. The largest absolute Gasteiger partial charge is 0.547 e. The Balaban J connectivity index is 1.79. The van der Waals surface area contributed by atoms with E-state index >= 15 is 0 Å². The van der Waals surface area contributed by atoms with Crippen LogP contribution in [0, 0.1) is 0 Å². The molecule has 1 aliphatic rings. The van der Waals surface area contributed by atoms with E-state index in [0.29, 0.717) is 16.7 Å². The Morgan fingerprint density at radius 1 is 1.40 bits per heavy atom. The van der Waals surface area contributed by atoms with Crippen molar-refractivity contribution in [3.8, 4) is 5.75 Å². The molecule has 0 fully saturated rings. The molecule has 0 saturated carbocycles. The van der Waals surface area contributed by atoms with Gasteiger partial charge in [-0.15, -0.1) is 0 Å². The maximum Gasteiger partial charge on any atom is 0.547 e. The summed E-state index contributed by atoms with van der Waals surface area (Å²) in [6, 6.07) is 6.31. The Kier molecular flexibility index (Phi) is 4.69. The van der Waals surface area contributed by atoms with Gasteiger partial charge in [-0.2, -0.15) is 0 Å². The van der Waals surface area contributed by atoms with Crippen LogP contribution in [-0.2, 0) is 13.0 Å². The molecule has 0 saturated heterocycles. The summed E-state index contributed by atoms with van der Waals surface area (Å²) in [5.74, 6) is -2.16. The second-order valence-electron chi connectivity index (χ2n) is 5.68. The van der Waals surface area contributed by atoms with E-state index in [2.05, 4.69) is 10.3 Å². The van der Waals surface area contributed by atoms with Gasteiger partial charge >= 0.3 is 13.1 Å². The molecule has 1 aliphatic heterocycles. The molecule has 0 radical (unpaired) electrons. The summed E-state index contributed by atoms with van der Waals surface area (Å²) in [7, 11) is -1.36. The smallest absolute Gasteiger partial charge is 0.534 e. The number of para-hydroxylation sites is 1. The van der Waals surface area contributed by atoms with Crippen molar-refractivity contribution in [2.75, 3.05) is 0 Å². The summed E-state index contributed by atoms with van der Waals surface area (Å²) in [6.45, 7) is 0.259. The van der Waals surface area contributed by atoms with Gasteiger partial charge in [-0.05, 0) is 29.7 Å². The third kappa shape index (κ3) is 3.47. The number of fused-ring (bicyclic) bond motifs is 1. The van der Waals surface area contributed by atoms with Crippen LogP contribution in [0.3, 0.4) is 0 Å². The first kappa shape index (κ1) is 16.9. The van der Waals surface area contributed by atoms with Gasteiger partial charge in [0.1, 0.15) is 5.75 Å². The van der Waals surface area contributed by atoms with Crippen LogP contribution >= 0.6 is 0 Å². The van der Waals surface area contributed by atoms with Crippen molar-refractivity contribution in [1.82, 2.24) is 10.3 Å². The third-order valence-corrected chi connectivity index (χ3v) is 3.96. The zero-order valence-electron chi connectivity index (χ0n) is 13.2. The van der Waals surface area contributed by atoms with Gasteiger partial charge in [-0.3, -0.25) is 9.78 Å². The lowest BCUT2D eigenvalue weighted by Gasteiger charge is -2.28. The van der Waals surface area contributed by atoms with Crippen LogP contribution in [0.25, 0.3) is 0 Å². The first-order chi connectivity index (χ1) is 12.0. The number of pyridine rings is 1. The molecule has 2 heterocycles. The highest BCUT2D eigenvalue weighted by Gasteiger charge is 2.37. The van der Waals surface area contributed by atoms with E-state index in [1.54, 1.807) is 24.4 Å². The number of rotatable bonds is 4. The van der Waals surface area contributed by atoms with Gasteiger partial charge in [0.15, 0.2) is 0 Å². The fraction of sp³-hybridized carbons (Fsp3) is 0.188. The normalized spacial score (nSPS) is 15.9. The van der Waals surface area contributed by atoms with Crippen molar-refractivity contribution < 1.29 is 24.4 Å². The van der Waals surface area contributed by atoms with E-state index in [9.17, 15) is 19.7 Å². The minimum atomic E-state index is -1.36. The number of carboxylic acids is 1. The number of amides is 1. The van der Waals surface area contributed by atoms with Crippen molar-refractivity contribution in [1.29, 1.82) is 0 Å². The van der Waals surface area contributed by atoms with E-state index in [0.717, 1.165) is 0 Å². The number of aromatic carboxylic acids is 1. The highest BCUT2D eigenvalue weighted by atomic mass is 16.5. The molecule has 0 aliphatic carbocycles. The van der Waals surface area contributed by atoms with Gasteiger partial charge in [0.2, 0.25) is 0 Å². The number of aromatic nitrogens is 1. The Hall–Kier alpha value is -2.91. The number of nitrogens with two attached hydrogens (primary N) is 1. The lowest BCUT2D eigenvalue weighted by Crippen LogP contribution is -2.53. The number of hydrogen-bond acceptors (Lipinski definition) is 6. The predicted molar refractivity (Wildman–Crippen MR) is 89.1 cm³/mol. The molecule has 1 aromatic heterocycles. The summed E-state index contributed by atoms with van der Waals surface area (Å²) >= 11 is 0. The summed E-state index contributed by atoms with van der Waals surface area (Å²) in [6.07, 6.45) is 3.22. The maximum absolute atomic E-state index is 12.4. The summed E-state index contributed by atoms with van der Waals surface area (Å²) < 4.78 is 5.34. The number of hydrogen-bond donors (Lipinski definition) is 4. The molecule has 1 amide bonds. The van der Waals surface area contributed by atoms with E-state index in [1.165, 1.54) is 12.3 Å². The molecular formula is C16H16BN3O5. The van der Waals surface area contributed by atoms with Crippen LogP contribution in [0.2, 0.25) is 0 Å². The van der Waals surface area contributed by atoms with Gasteiger partial charge in [0, 0.05) is 18.9 Å². The molecule has 5 N–H and O–H groups in total. The zero-order chi connectivity index (χ0) is 18.0. The monoisotopic (exact) mass is 341 g/mol. The number of carbonyl (C=O) groups excluding carboxylic acids is 1. The van der Waals surface area contributed by atoms with Gasteiger partial charge in [-0.1, -0.05) is 12.1 Å². The molecular weight excluding hydrogens is 325 g/mol. The van der Waals surface area contributed by atoms with Crippen molar-refractivity contribution in [3.05, 3.63) is 58.9 Å². The molecule has 0 bridgehead atoms. The Bertz CT molecular complexity index is 829. The van der Waals surface area contributed by atoms with Crippen molar-refractivity contribution in [2.24, 2.45) is 5.73 Å². The topological polar surface area (TPSA) is 135 Å². The Morgan fingerprint density at radius 3 is 2.92 bits per heavy atom. The zero-order valence-corrected chi connectivity index (χ0v) is 13.2. The predicted octanol–water partition coefficient (Wildman–Crippen LogP) is -0.00830. The van der Waals surface area contributed by atoms with Crippen LogP contribution in [0.5, 0.6) is 5.75 Å². The number of carbonyl (C=O) groups is 2. The molecule has 1 atom stereocenters. The fourth-order valence-corrected chi connectivity index (χ4v) is 2.69. The highest BCUT2D eigenvalue weighted by Crippen LogP contribution is 2.30. The van der Waals surface area contributed by atoms with Crippen LogP contribution in [0.4, 0.5) is 0 Å². The number of carboxylic acid groups (broad SMARTS) is 1. The van der Waals surface area contributed by atoms with Crippen LogP contribution in [0.1, 0.15) is 31.8 Å². The molecule has 0 unspecified atom stereocenters. The summed E-state index contributed by atoms with van der Waals surface area (Å²) in [4.78, 5) is 27.6. The maximum atomic E-state index is 12.4. The van der Waals surface area contributed by atoms with Gasteiger partial charge in [0.25, 0.3) is 5.91 Å². The molecule has 9 heteroatoms. The van der Waals surface area contributed by atoms with E-state index in [1.807, 2.05) is 0 Å². The van der Waals surface area contributed by atoms with Crippen molar-refractivity contribution in [2.45, 2.75) is 18.9 Å². The van der Waals surface area contributed by atoms with Gasteiger partial charge in [-0.25, -0.2) is 4.79 Å². The minimum Gasteiger partial charge on any atom is -0.534 e. The SMILES string of the molecule is NCc1cncc(C(=O)N[C@H]2Cc3cccc(C(=O)O)c3OB2O)c1. The van der Waals surface area contributed by atoms with Crippen molar-refractivity contribution >= 4 is 19.0 Å². The Morgan fingerprint density at radius 2 is 2.20 bits per heavy atom. The molecule has 2 aromatic rings. The van der Waals surface area contributed by atoms with Crippen LogP contribution < -0.4 is 15.7 Å². The number of benzene rings is 1. The van der Waals surface area contributed by atoms with Crippen molar-refractivity contribution in [3.63, 3.8) is 0 Å². The van der Waals surface area contributed by atoms with E-state index in [4.69, 9.17) is 10.4 Å². The molecule has 3 rings (SSSR count). The standard InChI is InChI=1S/C16H16BN3O5/c18-6-9-4-11(8-19-7-9)15(21)20-13-5-10-2-1-3-12(16(22)23)14(10)25-17(13)24/h1-4,7-8,13,24H,5-6,18H2,(H,20,21)(H,22,23)/t13-/m0/s1. The van der Waals surface area contributed by atoms with E-state index in [-0.39, 0.29) is 24.3 Å². The Labute approximate surface area is 143 Å². The summed E-state index contributed by atoms with van der Waals surface area (Å²) in [5, 5.41) is 22.0. The lowest BCUT2D eigenvalue weighted by molar-refractivity contribution is 0.0693. The molecule has 0 spiro atoms. The van der Waals surface area contributed by atoms with Gasteiger partial charge < -0.3 is 25.8 Å². The highest BCUT2D eigenvalue weighted by molar-refractivity contribution is 6.47. The summed E-state index contributed by atoms with van der Waals surface area (Å²) in [5.41, 5.74) is 7.14. The quantitative estimate of drug-likeness (QED) is 0.575. The average molecular weight is 341 g/mol. The molecule has 8 nitrogen and oxygen atoms in total. The molecule has 25 heavy (non-hydrogen) atoms. The number of nitrogens with one attached hydrogen (secondary N) is 1. The average Bonchev–Trinajstić information content (AvgIpc) is 2.61. The first-order valence-electron chi connectivity index (χ1n) is 7.64. The van der Waals surface area contributed by atoms with E-state index < -0.39 is 24.9 Å². The number of nitrogens with zero attached hydrogens (tertiary/aromatic N) is 1. The second kappa shape index (κ2) is 6.92. The minimum absolute atomic E-state index is 0.0267. The molecule has 128 valence electrons. The van der Waals surface area contributed by atoms with Crippen LogP contribution in [0.15, 0.2) is 36.7 Å².